The molecule has 2 aromatic carbocycles. The quantitative estimate of drug-likeness (QED) is 0.441. The fourth-order valence-corrected chi connectivity index (χ4v) is 9.78. The van der Waals surface area contributed by atoms with Crippen molar-refractivity contribution in [1.82, 2.24) is 0 Å². The summed E-state index contributed by atoms with van der Waals surface area (Å²) in [5.41, 5.74) is 10.2. The molecule has 0 amide bonds. The third kappa shape index (κ3) is 1.57. The molecule has 0 fully saturated rings. The molecule has 0 N–H and O–H groups in total. The highest BCUT2D eigenvalue weighted by Crippen LogP contribution is 2.40. The second-order valence-corrected chi connectivity index (χ2v) is 11.8. The van der Waals surface area contributed by atoms with Gasteiger partial charge in [-0.25, -0.2) is 4.57 Å². The van der Waals surface area contributed by atoms with Crippen LogP contribution in [0.2, 0.25) is 6.55 Å². The molecular weight excluding hydrogens is 306 g/mol. The average Bonchev–Trinajstić information content (AvgIpc) is 2.79. The smallest absolute Gasteiger partial charge is 0.201 e. The minimum absolute atomic E-state index is 1.22. The van der Waals surface area contributed by atoms with Crippen LogP contribution in [0.15, 0.2) is 48.7 Å². The topological polar surface area (TPSA) is 3.88 Å². The molecule has 1 aromatic heterocycles. The summed E-state index contributed by atoms with van der Waals surface area (Å²) >= 11 is 0. The number of nitrogens with zero attached hydrogens (tertiary/aromatic N) is 1. The van der Waals surface area contributed by atoms with E-state index in [-0.39, 0.29) is 0 Å². The van der Waals surface area contributed by atoms with E-state index in [1.165, 1.54) is 45.1 Å². The van der Waals surface area contributed by atoms with Gasteiger partial charge in [0.2, 0.25) is 5.69 Å². The number of rotatable bonds is 0. The second-order valence-electron chi connectivity index (χ2n) is 7.74. The molecule has 2 aliphatic heterocycles. The monoisotopic (exact) mass is 328 g/mol. The van der Waals surface area contributed by atoms with Crippen LogP contribution >= 0.6 is 0 Å². The Balaban J connectivity index is 1.98. The Hall–Kier alpha value is -2.19. The van der Waals surface area contributed by atoms with Gasteiger partial charge in [-0.05, 0) is 53.0 Å². The van der Waals surface area contributed by atoms with Crippen molar-refractivity contribution < 1.29 is 4.57 Å². The molecule has 2 aliphatic rings. The minimum Gasteiger partial charge on any atom is -0.201 e. The molecule has 2 heteroatoms. The lowest BCUT2D eigenvalue weighted by Gasteiger charge is -2.32. The standard InChI is InChI=1S/C22H22NSi/c1-14-11-16-13-24(4)19-8-6-5-7-17(19)18-10-9-15(2)20(22(18)24)21(16)23(3)12-14/h5-12H,13H2,1-4H3/q+1. The van der Waals surface area contributed by atoms with Crippen molar-refractivity contribution in [3.63, 3.8) is 0 Å². The highest BCUT2D eigenvalue weighted by atomic mass is 28.3. The Labute approximate surface area is 144 Å². The van der Waals surface area contributed by atoms with Gasteiger partial charge in [-0.1, -0.05) is 42.9 Å². The predicted octanol–water partition coefficient (Wildman–Crippen LogP) is 3.06. The van der Waals surface area contributed by atoms with Crippen LogP contribution in [0.25, 0.3) is 22.4 Å². The summed E-state index contributed by atoms with van der Waals surface area (Å²) in [5, 5.41) is 3.30. The number of hydrogen-bond acceptors (Lipinski definition) is 0. The normalized spacial score (nSPS) is 19.7. The highest BCUT2D eigenvalue weighted by molar-refractivity contribution is 7.05. The van der Waals surface area contributed by atoms with Gasteiger partial charge in [0.05, 0.1) is 0 Å². The number of aromatic nitrogens is 1. The van der Waals surface area contributed by atoms with E-state index in [0.29, 0.717) is 0 Å². The maximum Gasteiger partial charge on any atom is 0.215 e. The molecule has 5 rings (SSSR count). The molecule has 0 spiro atoms. The summed E-state index contributed by atoms with van der Waals surface area (Å²) in [4.78, 5) is 0. The van der Waals surface area contributed by atoms with Gasteiger partial charge in [-0.15, -0.1) is 0 Å². The summed E-state index contributed by atoms with van der Waals surface area (Å²) in [5.74, 6) is 0. The van der Waals surface area contributed by atoms with Crippen molar-refractivity contribution >= 4 is 18.4 Å². The third-order valence-electron chi connectivity index (χ3n) is 6.01. The lowest BCUT2D eigenvalue weighted by molar-refractivity contribution is -0.661. The third-order valence-corrected chi connectivity index (χ3v) is 10.3. The Bertz CT molecular complexity index is 1030. The van der Waals surface area contributed by atoms with E-state index in [2.05, 4.69) is 80.7 Å². The summed E-state index contributed by atoms with van der Waals surface area (Å²) < 4.78 is 2.35. The first-order valence-corrected chi connectivity index (χ1v) is 11.4. The zero-order valence-electron chi connectivity index (χ0n) is 14.8. The molecule has 0 bridgehead atoms. The van der Waals surface area contributed by atoms with Crippen molar-refractivity contribution in [3.05, 3.63) is 65.4 Å². The zero-order valence-corrected chi connectivity index (χ0v) is 15.8. The van der Waals surface area contributed by atoms with E-state index < -0.39 is 8.07 Å². The second kappa shape index (κ2) is 4.45. The Kier molecular flexibility index (Phi) is 2.63. The maximum atomic E-state index is 2.58. The molecule has 1 atom stereocenters. The predicted molar refractivity (Wildman–Crippen MR) is 103 cm³/mol. The lowest BCUT2D eigenvalue weighted by atomic mass is 9.95. The summed E-state index contributed by atoms with van der Waals surface area (Å²) in [6, 6.07) is 17.5. The van der Waals surface area contributed by atoms with Crippen molar-refractivity contribution in [3.8, 4) is 22.4 Å². The number of pyridine rings is 1. The molecule has 0 aliphatic carbocycles. The van der Waals surface area contributed by atoms with Crippen LogP contribution in [0.1, 0.15) is 16.7 Å². The highest BCUT2D eigenvalue weighted by Gasteiger charge is 2.48. The van der Waals surface area contributed by atoms with Crippen LogP contribution in [0.3, 0.4) is 0 Å². The van der Waals surface area contributed by atoms with E-state index in [1.54, 1.807) is 10.4 Å². The van der Waals surface area contributed by atoms with Gasteiger partial charge < -0.3 is 0 Å². The number of hydrogen-bond donors (Lipinski definition) is 0. The van der Waals surface area contributed by atoms with E-state index in [0.717, 1.165) is 0 Å². The molecule has 118 valence electrons. The molecule has 1 nitrogen and oxygen atoms in total. The van der Waals surface area contributed by atoms with Gasteiger partial charge in [0, 0.05) is 16.7 Å². The largest absolute Gasteiger partial charge is 0.215 e. The van der Waals surface area contributed by atoms with Gasteiger partial charge >= 0.3 is 0 Å². The van der Waals surface area contributed by atoms with E-state index >= 15 is 0 Å². The Morgan fingerprint density at radius 1 is 1.00 bits per heavy atom. The van der Waals surface area contributed by atoms with E-state index in [1.807, 2.05) is 0 Å². The van der Waals surface area contributed by atoms with Crippen LogP contribution in [0.4, 0.5) is 0 Å². The van der Waals surface area contributed by atoms with E-state index in [9.17, 15) is 0 Å². The number of aryl methyl sites for hydroxylation is 3. The SMILES string of the molecule is Cc1cc2c([n+](C)c1)-c1c(C)ccc3c1[Si](C)(C2)c1ccccc1-3. The Morgan fingerprint density at radius 3 is 2.62 bits per heavy atom. The van der Waals surface area contributed by atoms with Crippen molar-refractivity contribution in [2.24, 2.45) is 7.05 Å². The van der Waals surface area contributed by atoms with E-state index in [4.69, 9.17) is 0 Å². The summed E-state index contributed by atoms with van der Waals surface area (Å²) in [7, 11) is 0.504. The van der Waals surface area contributed by atoms with Crippen LogP contribution in [0.5, 0.6) is 0 Å². The van der Waals surface area contributed by atoms with Crippen molar-refractivity contribution in [2.45, 2.75) is 26.4 Å². The molecular formula is C22H22NSi+. The molecule has 1 unspecified atom stereocenters. The first-order valence-electron chi connectivity index (χ1n) is 8.74. The maximum absolute atomic E-state index is 2.58. The van der Waals surface area contributed by atoms with Gasteiger partial charge in [0.1, 0.15) is 15.1 Å². The molecule has 3 heterocycles. The van der Waals surface area contributed by atoms with Gasteiger partial charge in [0.25, 0.3) is 0 Å². The van der Waals surface area contributed by atoms with Crippen molar-refractivity contribution in [1.29, 1.82) is 0 Å². The lowest BCUT2D eigenvalue weighted by Crippen LogP contribution is -2.58. The van der Waals surface area contributed by atoms with Crippen molar-refractivity contribution in [2.75, 3.05) is 0 Å². The van der Waals surface area contributed by atoms with Crippen LogP contribution in [-0.4, -0.2) is 8.07 Å². The van der Waals surface area contributed by atoms with Gasteiger partial charge in [-0.3, -0.25) is 0 Å². The molecule has 0 saturated heterocycles. The molecule has 0 saturated carbocycles. The first kappa shape index (κ1) is 14.2. The zero-order chi connectivity index (χ0) is 16.6. The van der Waals surface area contributed by atoms with Crippen LogP contribution in [0, 0.1) is 13.8 Å². The number of fused-ring (bicyclic) bond motifs is 5. The molecule has 0 radical (unpaired) electrons. The fraction of sp³-hybridized carbons (Fsp3) is 0.227. The molecule has 3 aromatic rings. The fourth-order valence-electron chi connectivity index (χ4n) is 5.16. The Morgan fingerprint density at radius 2 is 1.79 bits per heavy atom. The minimum atomic E-state index is -1.70. The number of benzene rings is 2. The summed E-state index contributed by atoms with van der Waals surface area (Å²) in [6.07, 6.45) is 2.27. The van der Waals surface area contributed by atoms with Crippen LogP contribution < -0.4 is 14.9 Å². The van der Waals surface area contributed by atoms with Gasteiger partial charge in [0.15, 0.2) is 6.20 Å². The molecule has 24 heavy (non-hydrogen) atoms. The van der Waals surface area contributed by atoms with Gasteiger partial charge in [-0.2, -0.15) is 0 Å². The van der Waals surface area contributed by atoms with Crippen LogP contribution in [-0.2, 0) is 13.1 Å². The average molecular weight is 329 g/mol. The first-order chi connectivity index (χ1) is 11.5. The summed E-state index contributed by atoms with van der Waals surface area (Å²) in [6.45, 7) is 7.07.